The molecule has 6 nitrogen and oxygen atoms in total. The molecule has 2 heterocycles. The van der Waals surface area contributed by atoms with Gasteiger partial charge in [-0.2, -0.15) is 0 Å². The maximum atomic E-state index is 12.1. The lowest BCUT2D eigenvalue weighted by Gasteiger charge is -2.05. The van der Waals surface area contributed by atoms with Crippen LogP contribution in [0.4, 0.5) is 0 Å². The lowest BCUT2D eigenvalue weighted by molar-refractivity contribution is 0.0841. The number of thiazole rings is 1. The van der Waals surface area contributed by atoms with Crippen molar-refractivity contribution in [3.63, 3.8) is 0 Å². The highest BCUT2D eigenvalue weighted by Gasteiger charge is 2.13. The quantitative estimate of drug-likeness (QED) is 0.705. The van der Waals surface area contributed by atoms with E-state index in [0.29, 0.717) is 10.0 Å². The van der Waals surface area contributed by atoms with Gasteiger partial charge in [0.2, 0.25) is 0 Å². The van der Waals surface area contributed by atoms with Gasteiger partial charge in [-0.3, -0.25) is 25.4 Å². The molecule has 0 spiro atoms. The number of nitrogens with zero attached hydrogens (tertiary/aromatic N) is 2. The van der Waals surface area contributed by atoms with E-state index in [0.717, 1.165) is 5.56 Å². The molecule has 8 heteroatoms. The molecular weight excluding hydrogens is 348 g/mol. The molecule has 1 aromatic carbocycles. The van der Waals surface area contributed by atoms with Crippen LogP contribution in [-0.2, 0) is 0 Å². The van der Waals surface area contributed by atoms with E-state index in [2.05, 4.69) is 20.8 Å². The molecule has 0 saturated heterocycles. The standard InChI is InChI=1S/C16H11ClN4O2S/c17-11-5-3-4-10(8-11)16-19-13(9-24-16)15(23)21-20-14(22)12-6-1-2-7-18-12/h1-9H,(H,20,22)(H,21,23). The minimum absolute atomic E-state index is 0.204. The molecule has 0 bridgehead atoms. The van der Waals surface area contributed by atoms with Gasteiger partial charge in [0, 0.05) is 22.2 Å². The molecule has 2 aromatic heterocycles. The highest BCUT2D eigenvalue weighted by atomic mass is 35.5. The summed E-state index contributed by atoms with van der Waals surface area (Å²) in [7, 11) is 0. The smallest absolute Gasteiger partial charge is 0.266 e. The third-order valence-electron chi connectivity index (χ3n) is 3.00. The van der Waals surface area contributed by atoms with E-state index in [9.17, 15) is 9.59 Å². The summed E-state index contributed by atoms with van der Waals surface area (Å²) >= 11 is 7.27. The van der Waals surface area contributed by atoms with Crippen LogP contribution >= 0.6 is 22.9 Å². The highest BCUT2D eigenvalue weighted by molar-refractivity contribution is 7.13. The Kier molecular flexibility index (Phi) is 4.83. The third kappa shape index (κ3) is 3.76. The van der Waals surface area contributed by atoms with Crippen molar-refractivity contribution in [3.05, 3.63) is 70.5 Å². The Morgan fingerprint density at radius 2 is 1.79 bits per heavy atom. The molecule has 0 atom stereocenters. The van der Waals surface area contributed by atoms with Crippen LogP contribution < -0.4 is 10.9 Å². The maximum absolute atomic E-state index is 12.1. The third-order valence-corrected chi connectivity index (χ3v) is 4.12. The number of carbonyl (C=O) groups is 2. The predicted octanol–water partition coefficient (Wildman–Crippen LogP) is 2.93. The summed E-state index contributed by atoms with van der Waals surface area (Å²) in [6.07, 6.45) is 1.49. The van der Waals surface area contributed by atoms with Crippen molar-refractivity contribution in [2.24, 2.45) is 0 Å². The van der Waals surface area contributed by atoms with E-state index < -0.39 is 11.8 Å². The van der Waals surface area contributed by atoms with Crippen molar-refractivity contribution in [1.82, 2.24) is 20.8 Å². The second-order valence-electron chi connectivity index (χ2n) is 4.67. The number of rotatable bonds is 3. The van der Waals surface area contributed by atoms with Crippen molar-refractivity contribution >= 4 is 34.8 Å². The molecule has 0 saturated carbocycles. The highest BCUT2D eigenvalue weighted by Crippen LogP contribution is 2.25. The van der Waals surface area contributed by atoms with Crippen LogP contribution in [0.2, 0.25) is 5.02 Å². The fourth-order valence-electron chi connectivity index (χ4n) is 1.87. The molecule has 3 rings (SSSR count). The number of hydrazine groups is 1. The summed E-state index contributed by atoms with van der Waals surface area (Å²) in [4.78, 5) is 32.0. The predicted molar refractivity (Wildman–Crippen MR) is 91.7 cm³/mol. The molecule has 3 aromatic rings. The van der Waals surface area contributed by atoms with Gasteiger partial charge >= 0.3 is 0 Å². The molecule has 0 radical (unpaired) electrons. The molecule has 24 heavy (non-hydrogen) atoms. The van der Waals surface area contributed by atoms with Crippen LogP contribution in [0.1, 0.15) is 21.0 Å². The van der Waals surface area contributed by atoms with Crippen LogP contribution in [0.15, 0.2) is 54.0 Å². The Morgan fingerprint density at radius 1 is 1.00 bits per heavy atom. The average Bonchev–Trinajstić information content (AvgIpc) is 3.10. The Bertz CT molecular complexity index is 883. The minimum Gasteiger partial charge on any atom is -0.266 e. The van der Waals surface area contributed by atoms with Crippen LogP contribution in [-0.4, -0.2) is 21.8 Å². The lowest BCUT2D eigenvalue weighted by atomic mass is 10.2. The van der Waals surface area contributed by atoms with Crippen LogP contribution in [0.5, 0.6) is 0 Å². The molecule has 120 valence electrons. The van der Waals surface area contributed by atoms with Crippen molar-refractivity contribution in [2.75, 3.05) is 0 Å². The summed E-state index contributed by atoms with van der Waals surface area (Å²) in [5.74, 6) is -1.02. The van der Waals surface area contributed by atoms with E-state index in [4.69, 9.17) is 11.6 Å². The van der Waals surface area contributed by atoms with Crippen molar-refractivity contribution in [2.45, 2.75) is 0 Å². The number of benzene rings is 1. The van der Waals surface area contributed by atoms with E-state index in [1.807, 2.05) is 12.1 Å². The average molecular weight is 359 g/mol. The fraction of sp³-hybridized carbons (Fsp3) is 0. The Morgan fingerprint density at radius 3 is 2.50 bits per heavy atom. The first-order valence-electron chi connectivity index (χ1n) is 6.86. The zero-order chi connectivity index (χ0) is 16.9. The second kappa shape index (κ2) is 7.20. The Hall–Kier alpha value is -2.77. The summed E-state index contributed by atoms with van der Waals surface area (Å²) < 4.78 is 0. The molecule has 0 unspecified atom stereocenters. The normalized spacial score (nSPS) is 10.2. The number of hydrogen-bond donors (Lipinski definition) is 2. The number of carbonyl (C=O) groups excluding carboxylic acids is 2. The monoisotopic (exact) mass is 358 g/mol. The molecule has 0 fully saturated rings. The van der Waals surface area contributed by atoms with E-state index >= 15 is 0 Å². The zero-order valence-corrected chi connectivity index (χ0v) is 13.8. The topological polar surface area (TPSA) is 84.0 Å². The second-order valence-corrected chi connectivity index (χ2v) is 5.97. The maximum Gasteiger partial charge on any atom is 0.289 e. The Balaban J connectivity index is 1.65. The first-order chi connectivity index (χ1) is 11.6. The van der Waals surface area contributed by atoms with Crippen LogP contribution in [0.3, 0.4) is 0 Å². The molecule has 2 amide bonds. The van der Waals surface area contributed by atoms with E-state index in [1.54, 1.807) is 35.7 Å². The van der Waals surface area contributed by atoms with Crippen molar-refractivity contribution in [1.29, 1.82) is 0 Å². The molecule has 0 aliphatic rings. The first-order valence-corrected chi connectivity index (χ1v) is 8.12. The fourth-order valence-corrected chi connectivity index (χ4v) is 2.86. The summed E-state index contributed by atoms with van der Waals surface area (Å²) in [5.41, 5.74) is 5.84. The zero-order valence-electron chi connectivity index (χ0n) is 12.2. The number of pyridine rings is 1. The largest absolute Gasteiger partial charge is 0.289 e. The van der Waals surface area contributed by atoms with Crippen LogP contribution in [0.25, 0.3) is 10.6 Å². The number of nitrogens with one attached hydrogen (secondary N) is 2. The van der Waals surface area contributed by atoms with Crippen molar-refractivity contribution < 1.29 is 9.59 Å². The van der Waals surface area contributed by atoms with Crippen molar-refractivity contribution in [3.8, 4) is 10.6 Å². The molecule has 2 N–H and O–H groups in total. The summed E-state index contributed by atoms with van der Waals surface area (Å²) in [6, 6.07) is 12.1. The molecule has 0 aliphatic carbocycles. The SMILES string of the molecule is O=C(NNC(=O)c1csc(-c2cccc(Cl)c2)n1)c1ccccn1. The Labute approximate surface area is 146 Å². The van der Waals surface area contributed by atoms with Gasteiger partial charge in [0.15, 0.2) is 0 Å². The summed E-state index contributed by atoms with van der Waals surface area (Å²) in [6.45, 7) is 0. The van der Waals surface area contributed by atoms with Gasteiger partial charge in [-0.1, -0.05) is 29.8 Å². The van der Waals surface area contributed by atoms with E-state index in [1.165, 1.54) is 17.5 Å². The molecule has 0 aliphatic heterocycles. The van der Waals surface area contributed by atoms with Gasteiger partial charge in [0.1, 0.15) is 16.4 Å². The van der Waals surface area contributed by atoms with Gasteiger partial charge < -0.3 is 0 Å². The van der Waals surface area contributed by atoms with Gasteiger partial charge in [-0.15, -0.1) is 11.3 Å². The minimum atomic E-state index is -0.510. The number of halogens is 1. The van der Waals surface area contributed by atoms with Crippen LogP contribution in [0, 0.1) is 0 Å². The van der Waals surface area contributed by atoms with Gasteiger partial charge in [-0.25, -0.2) is 4.98 Å². The van der Waals surface area contributed by atoms with Gasteiger partial charge in [-0.05, 0) is 24.3 Å². The van der Waals surface area contributed by atoms with Gasteiger partial charge in [0.05, 0.1) is 0 Å². The van der Waals surface area contributed by atoms with E-state index in [-0.39, 0.29) is 11.4 Å². The number of aromatic nitrogens is 2. The molecular formula is C16H11ClN4O2S. The van der Waals surface area contributed by atoms with Gasteiger partial charge in [0.25, 0.3) is 11.8 Å². The first kappa shape index (κ1) is 16.1. The summed E-state index contributed by atoms with van der Waals surface area (Å²) in [5, 5.41) is 2.87. The number of hydrogen-bond acceptors (Lipinski definition) is 5. The lowest BCUT2D eigenvalue weighted by Crippen LogP contribution is -2.42. The number of amides is 2.